The summed E-state index contributed by atoms with van der Waals surface area (Å²) >= 11 is 0. The molecule has 2 aromatic rings. The third kappa shape index (κ3) is 1.95. The predicted octanol–water partition coefficient (Wildman–Crippen LogP) is 1.84. The molecule has 0 fully saturated rings. The van der Waals surface area contributed by atoms with Crippen molar-refractivity contribution in [2.45, 2.75) is 6.92 Å². The van der Waals surface area contributed by atoms with Crippen molar-refractivity contribution in [1.82, 2.24) is 14.8 Å². The molecule has 17 heavy (non-hydrogen) atoms. The highest BCUT2D eigenvalue weighted by Crippen LogP contribution is 2.30. The molecule has 1 heterocycles. The molecule has 0 radical (unpaired) electrons. The molecule has 0 amide bonds. The van der Waals surface area contributed by atoms with E-state index in [0.717, 1.165) is 28.6 Å². The van der Waals surface area contributed by atoms with Gasteiger partial charge in [0.2, 0.25) is 5.95 Å². The molecule has 5 nitrogen and oxygen atoms in total. The highest BCUT2D eigenvalue weighted by molar-refractivity contribution is 5.66. The van der Waals surface area contributed by atoms with Crippen LogP contribution in [0.4, 0.5) is 5.95 Å². The lowest BCUT2D eigenvalue weighted by atomic mass is 10.1. The smallest absolute Gasteiger partial charge is 0.224 e. The number of aromatic nitrogens is 3. The minimum Gasteiger partial charge on any atom is -0.496 e. The Morgan fingerprint density at radius 2 is 2.06 bits per heavy atom. The SMILES string of the molecule is CNc1nnc(-c2cc(C)ccc2OC)n1C. The van der Waals surface area contributed by atoms with Crippen LogP contribution in [-0.2, 0) is 7.05 Å². The number of aryl methyl sites for hydroxylation is 1. The first kappa shape index (κ1) is 11.4. The monoisotopic (exact) mass is 232 g/mol. The van der Waals surface area contributed by atoms with Crippen molar-refractivity contribution < 1.29 is 4.74 Å². The van der Waals surface area contributed by atoms with E-state index in [-0.39, 0.29) is 0 Å². The summed E-state index contributed by atoms with van der Waals surface area (Å²) in [6, 6.07) is 6.00. The van der Waals surface area contributed by atoms with E-state index in [1.807, 2.05) is 43.8 Å². The molecule has 0 spiro atoms. The fourth-order valence-electron chi connectivity index (χ4n) is 1.78. The molecule has 2 rings (SSSR count). The number of nitrogens with one attached hydrogen (secondary N) is 1. The first-order chi connectivity index (χ1) is 8.17. The number of methoxy groups -OCH3 is 1. The Morgan fingerprint density at radius 3 is 2.65 bits per heavy atom. The number of nitrogens with zero attached hydrogens (tertiary/aromatic N) is 3. The number of rotatable bonds is 3. The van der Waals surface area contributed by atoms with Crippen LogP contribution in [0.5, 0.6) is 5.75 Å². The largest absolute Gasteiger partial charge is 0.496 e. The normalized spacial score (nSPS) is 10.4. The van der Waals surface area contributed by atoms with Crippen LogP contribution in [0.1, 0.15) is 5.56 Å². The molecule has 0 aliphatic rings. The molecule has 0 aliphatic heterocycles. The summed E-state index contributed by atoms with van der Waals surface area (Å²) in [5.74, 6) is 2.31. The van der Waals surface area contributed by atoms with Gasteiger partial charge in [0.15, 0.2) is 5.82 Å². The lowest BCUT2D eigenvalue weighted by Crippen LogP contribution is -2.00. The molecule has 1 N–H and O–H groups in total. The number of hydrogen-bond donors (Lipinski definition) is 1. The summed E-state index contributed by atoms with van der Waals surface area (Å²) in [5, 5.41) is 11.2. The maximum absolute atomic E-state index is 5.35. The second kappa shape index (κ2) is 4.45. The van der Waals surface area contributed by atoms with Gasteiger partial charge in [-0.25, -0.2) is 0 Å². The van der Waals surface area contributed by atoms with Gasteiger partial charge in [0, 0.05) is 14.1 Å². The standard InChI is InChI=1S/C12H16N4O/c1-8-5-6-10(17-4)9(7-8)11-14-15-12(13-2)16(11)3/h5-7H,1-4H3,(H,13,15). The summed E-state index contributed by atoms with van der Waals surface area (Å²) in [4.78, 5) is 0. The zero-order valence-corrected chi connectivity index (χ0v) is 10.5. The molecule has 0 unspecified atom stereocenters. The summed E-state index contributed by atoms with van der Waals surface area (Å²) in [6.07, 6.45) is 0. The van der Waals surface area contributed by atoms with Crippen LogP contribution in [-0.4, -0.2) is 28.9 Å². The Morgan fingerprint density at radius 1 is 1.29 bits per heavy atom. The second-order valence-electron chi connectivity index (χ2n) is 3.86. The lowest BCUT2D eigenvalue weighted by molar-refractivity contribution is 0.416. The molecule has 90 valence electrons. The maximum Gasteiger partial charge on any atom is 0.224 e. The minimum absolute atomic E-state index is 0.726. The van der Waals surface area contributed by atoms with Crippen molar-refractivity contribution in [2.24, 2.45) is 7.05 Å². The maximum atomic E-state index is 5.35. The average molecular weight is 232 g/mol. The quantitative estimate of drug-likeness (QED) is 0.877. The second-order valence-corrected chi connectivity index (χ2v) is 3.86. The summed E-state index contributed by atoms with van der Waals surface area (Å²) in [7, 11) is 5.40. The topological polar surface area (TPSA) is 52.0 Å². The number of benzene rings is 1. The fraction of sp³-hybridized carbons (Fsp3) is 0.333. The lowest BCUT2D eigenvalue weighted by Gasteiger charge is -2.09. The van der Waals surface area contributed by atoms with Crippen molar-refractivity contribution in [1.29, 1.82) is 0 Å². The van der Waals surface area contributed by atoms with Gasteiger partial charge in [0.1, 0.15) is 5.75 Å². The van der Waals surface area contributed by atoms with Gasteiger partial charge in [-0.15, -0.1) is 10.2 Å². The van der Waals surface area contributed by atoms with Gasteiger partial charge in [-0.2, -0.15) is 0 Å². The first-order valence-corrected chi connectivity index (χ1v) is 5.39. The van der Waals surface area contributed by atoms with E-state index in [9.17, 15) is 0 Å². The summed E-state index contributed by atoms with van der Waals surface area (Å²) < 4.78 is 7.25. The van der Waals surface area contributed by atoms with Crippen molar-refractivity contribution in [3.63, 3.8) is 0 Å². The molecule has 0 atom stereocenters. The summed E-state index contributed by atoms with van der Waals surface area (Å²) in [6.45, 7) is 2.04. The van der Waals surface area contributed by atoms with Gasteiger partial charge in [-0.1, -0.05) is 11.6 Å². The van der Waals surface area contributed by atoms with Gasteiger partial charge >= 0.3 is 0 Å². The molecule has 5 heteroatoms. The van der Waals surface area contributed by atoms with Gasteiger partial charge < -0.3 is 10.1 Å². The van der Waals surface area contributed by atoms with Crippen LogP contribution in [0, 0.1) is 6.92 Å². The Hall–Kier alpha value is -2.04. The molecule has 1 aromatic heterocycles. The minimum atomic E-state index is 0.726. The van der Waals surface area contributed by atoms with Gasteiger partial charge in [-0.05, 0) is 19.1 Å². The van der Waals surface area contributed by atoms with E-state index in [4.69, 9.17) is 4.74 Å². The van der Waals surface area contributed by atoms with E-state index in [1.54, 1.807) is 7.11 Å². The van der Waals surface area contributed by atoms with E-state index in [0.29, 0.717) is 0 Å². The number of hydrogen-bond acceptors (Lipinski definition) is 4. The molecule has 0 saturated carbocycles. The summed E-state index contributed by atoms with van der Waals surface area (Å²) in [5.41, 5.74) is 2.11. The highest BCUT2D eigenvalue weighted by Gasteiger charge is 2.14. The molecule has 1 aromatic carbocycles. The van der Waals surface area contributed by atoms with Crippen molar-refractivity contribution in [2.75, 3.05) is 19.5 Å². The van der Waals surface area contributed by atoms with Gasteiger partial charge in [-0.3, -0.25) is 4.57 Å². The van der Waals surface area contributed by atoms with Crippen LogP contribution < -0.4 is 10.1 Å². The zero-order chi connectivity index (χ0) is 12.4. The molecular formula is C12H16N4O. The van der Waals surface area contributed by atoms with E-state index < -0.39 is 0 Å². The zero-order valence-electron chi connectivity index (χ0n) is 10.5. The predicted molar refractivity (Wildman–Crippen MR) is 67.3 cm³/mol. The van der Waals surface area contributed by atoms with Crippen molar-refractivity contribution in [3.8, 4) is 17.1 Å². The van der Waals surface area contributed by atoms with Crippen LogP contribution in [0.15, 0.2) is 18.2 Å². The van der Waals surface area contributed by atoms with Crippen molar-refractivity contribution in [3.05, 3.63) is 23.8 Å². The highest BCUT2D eigenvalue weighted by atomic mass is 16.5. The number of anilines is 1. The fourth-order valence-corrected chi connectivity index (χ4v) is 1.78. The third-order valence-corrected chi connectivity index (χ3v) is 2.69. The molecule has 0 aliphatic carbocycles. The van der Waals surface area contributed by atoms with E-state index in [1.165, 1.54) is 0 Å². The van der Waals surface area contributed by atoms with E-state index in [2.05, 4.69) is 15.5 Å². The third-order valence-electron chi connectivity index (χ3n) is 2.69. The average Bonchev–Trinajstić information content (AvgIpc) is 2.70. The Bertz CT molecular complexity index is 533. The van der Waals surface area contributed by atoms with E-state index >= 15 is 0 Å². The van der Waals surface area contributed by atoms with Gasteiger partial charge in [0.05, 0.1) is 12.7 Å². The Balaban J connectivity index is 2.58. The number of ether oxygens (including phenoxy) is 1. The van der Waals surface area contributed by atoms with Crippen LogP contribution in [0.3, 0.4) is 0 Å². The van der Waals surface area contributed by atoms with Crippen LogP contribution in [0.25, 0.3) is 11.4 Å². The van der Waals surface area contributed by atoms with Crippen LogP contribution >= 0.6 is 0 Å². The molecular weight excluding hydrogens is 216 g/mol. The van der Waals surface area contributed by atoms with Crippen LogP contribution in [0.2, 0.25) is 0 Å². The first-order valence-electron chi connectivity index (χ1n) is 5.39. The van der Waals surface area contributed by atoms with Gasteiger partial charge in [0.25, 0.3) is 0 Å². The van der Waals surface area contributed by atoms with Crippen molar-refractivity contribution >= 4 is 5.95 Å². The molecule has 0 saturated heterocycles. The Kier molecular flexibility index (Phi) is 2.99. The Labute approximate surface area is 100 Å². The molecule has 0 bridgehead atoms.